The Hall–Kier alpha value is -1.84. The van der Waals surface area contributed by atoms with Crippen molar-refractivity contribution in [1.29, 1.82) is 0 Å². The van der Waals surface area contributed by atoms with E-state index in [4.69, 9.17) is 0 Å². The molecule has 0 unspecified atom stereocenters. The van der Waals surface area contributed by atoms with Gasteiger partial charge in [0.05, 0.1) is 11.4 Å². The Morgan fingerprint density at radius 1 is 1.32 bits per heavy atom. The summed E-state index contributed by atoms with van der Waals surface area (Å²) in [5.41, 5.74) is 2.36. The quantitative estimate of drug-likeness (QED) is 0.829. The van der Waals surface area contributed by atoms with Crippen LogP contribution in [0.5, 0.6) is 0 Å². The van der Waals surface area contributed by atoms with Crippen molar-refractivity contribution in [3.05, 3.63) is 41.5 Å². The van der Waals surface area contributed by atoms with Gasteiger partial charge in [0.15, 0.2) is 0 Å². The molecule has 1 heterocycles. The highest BCUT2D eigenvalue weighted by Crippen LogP contribution is 2.19. The first-order valence-electron chi connectivity index (χ1n) is 6.68. The smallest absolute Gasteiger partial charge is 0.207 e. The number of anilines is 1. The molecule has 2 rings (SSSR count). The maximum absolute atomic E-state index is 13.7. The minimum absolute atomic E-state index is 0.191. The van der Waals surface area contributed by atoms with Gasteiger partial charge < -0.3 is 5.32 Å². The van der Waals surface area contributed by atoms with Crippen LogP contribution in [-0.2, 0) is 0 Å². The van der Waals surface area contributed by atoms with E-state index in [-0.39, 0.29) is 5.82 Å². The number of halogens is 1. The van der Waals surface area contributed by atoms with Crippen molar-refractivity contribution in [2.75, 3.05) is 11.9 Å². The van der Waals surface area contributed by atoms with Crippen LogP contribution in [0.25, 0.3) is 5.69 Å². The van der Waals surface area contributed by atoms with E-state index in [1.54, 1.807) is 19.1 Å². The molecule has 1 N–H and O–H groups in total. The molecule has 0 radical (unpaired) electrons. The predicted molar refractivity (Wildman–Crippen MR) is 76.4 cm³/mol. The zero-order valence-corrected chi connectivity index (χ0v) is 11.7. The number of nitrogens with one attached hydrogen (secondary N) is 1. The molecule has 1 aromatic carbocycles. The van der Waals surface area contributed by atoms with Gasteiger partial charge in [-0.2, -0.15) is 0 Å². The first-order valence-corrected chi connectivity index (χ1v) is 6.68. The van der Waals surface area contributed by atoms with Gasteiger partial charge in [0.25, 0.3) is 0 Å². The molecule has 1 aromatic heterocycles. The zero-order chi connectivity index (χ0) is 13.8. The van der Waals surface area contributed by atoms with E-state index in [0.29, 0.717) is 5.56 Å². The van der Waals surface area contributed by atoms with Crippen LogP contribution in [-0.4, -0.2) is 16.1 Å². The Morgan fingerprint density at radius 3 is 2.79 bits per heavy atom. The van der Waals surface area contributed by atoms with Crippen LogP contribution in [0.1, 0.15) is 31.0 Å². The molecule has 0 amide bonds. The molecule has 0 aliphatic carbocycles. The lowest BCUT2D eigenvalue weighted by molar-refractivity contribution is 0.617. The third kappa shape index (κ3) is 3.13. The van der Waals surface area contributed by atoms with Crippen molar-refractivity contribution < 1.29 is 4.39 Å². The summed E-state index contributed by atoms with van der Waals surface area (Å²) in [6, 6.07) is 5.24. The van der Waals surface area contributed by atoms with Gasteiger partial charge in [-0.25, -0.2) is 9.37 Å². The highest BCUT2D eigenvalue weighted by atomic mass is 19.1. The second-order valence-corrected chi connectivity index (χ2v) is 4.79. The highest BCUT2D eigenvalue weighted by Gasteiger charge is 2.08. The zero-order valence-electron chi connectivity index (χ0n) is 11.7. The van der Waals surface area contributed by atoms with Crippen LogP contribution in [0.4, 0.5) is 10.3 Å². The molecule has 0 saturated heterocycles. The number of imidazole rings is 1. The van der Waals surface area contributed by atoms with Crippen LogP contribution in [0.2, 0.25) is 0 Å². The topological polar surface area (TPSA) is 29.9 Å². The third-order valence-corrected chi connectivity index (χ3v) is 3.07. The van der Waals surface area contributed by atoms with Crippen molar-refractivity contribution >= 4 is 5.95 Å². The van der Waals surface area contributed by atoms with E-state index < -0.39 is 0 Å². The summed E-state index contributed by atoms with van der Waals surface area (Å²) in [4.78, 5) is 4.44. The normalized spacial score (nSPS) is 10.7. The number of hydrogen-bond acceptors (Lipinski definition) is 2. The monoisotopic (exact) mass is 261 g/mol. The summed E-state index contributed by atoms with van der Waals surface area (Å²) in [5.74, 6) is 0.581. The molecule has 0 atom stereocenters. The molecular weight excluding hydrogens is 241 g/mol. The van der Waals surface area contributed by atoms with Crippen molar-refractivity contribution in [3.63, 3.8) is 0 Å². The lowest BCUT2D eigenvalue weighted by Crippen LogP contribution is -2.07. The summed E-state index contributed by atoms with van der Waals surface area (Å²) in [6.07, 6.45) is 4.14. The molecule has 0 bridgehead atoms. The van der Waals surface area contributed by atoms with E-state index >= 15 is 0 Å². The average Bonchev–Trinajstić information content (AvgIpc) is 2.74. The van der Waals surface area contributed by atoms with Crippen LogP contribution < -0.4 is 5.32 Å². The molecule has 0 spiro atoms. The van der Waals surface area contributed by atoms with E-state index in [1.807, 2.05) is 23.8 Å². The summed E-state index contributed by atoms with van der Waals surface area (Å²) in [7, 11) is 0. The molecule has 0 fully saturated rings. The number of nitrogens with zero attached hydrogens (tertiary/aromatic N) is 2. The lowest BCUT2D eigenvalue weighted by atomic mass is 10.2. The molecule has 0 aliphatic heterocycles. The van der Waals surface area contributed by atoms with E-state index in [2.05, 4.69) is 17.2 Å². The summed E-state index contributed by atoms with van der Waals surface area (Å²) in [6.45, 7) is 6.72. The predicted octanol–water partition coefficient (Wildman–Crippen LogP) is 3.84. The van der Waals surface area contributed by atoms with Crippen molar-refractivity contribution in [3.8, 4) is 5.69 Å². The molecule has 0 saturated carbocycles. The van der Waals surface area contributed by atoms with Gasteiger partial charge in [0, 0.05) is 12.7 Å². The number of unbranched alkanes of at least 4 members (excludes halogenated alkanes) is 1. The minimum atomic E-state index is -0.191. The number of aromatic nitrogens is 2. The van der Waals surface area contributed by atoms with Gasteiger partial charge >= 0.3 is 0 Å². The van der Waals surface area contributed by atoms with Crippen molar-refractivity contribution in [2.24, 2.45) is 0 Å². The van der Waals surface area contributed by atoms with Crippen molar-refractivity contribution in [2.45, 2.75) is 33.6 Å². The Balaban J connectivity index is 2.29. The first kappa shape index (κ1) is 13.6. The number of aryl methyl sites for hydroxylation is 2. The largest absolute Gasteiger partial charge is 0.355 e. The van der Waals surface area contributed by atoms with Crippen molar-refractivity contribution in [1.82, 2.24) is 9.55 Å². The van der Waals surface area contributed by atoms with Gasteiger partial charge in [-0.05, 0) is 38.0 Å². The SMILES string of the molecule is CCCCNc1nc(C)cn1-c1ccc(C)c(F)c1. The average molecular weight is 261 g/mol. The van der Waals surface area contributed by atoms with Gasteiger partial charge in [0.2, 0.25) is 5.95 Å². The number of rotatable bonds is 5. The molecule has 102 valence electrons. The lowest BCUT2D eigenvalue weighted by Gasteiger charge is -2.10. The Bertz CT molecular complexity index is 561. The second kappa shape index (κ2) is 5.87. The molecule has 3 nitrogen and oxygen atoms in total. The summed E-state index contributed by atoms with van der Waals surface area (Å²) >= 11 is 0. The Morgan fingerprint density at radius 2 is 2.11 bits per heavy atom. The molecule has 0 aliphatic rings. The molecule has 2 aromatic rings. The van der Waals surface area contributed by atoms with E-state index in [9.17, 15) is 4.39 Å². The highest BCUT2D eigenvalue weighted by molar-refractivity contribution is 5.44. The minimum Gasteiger partial charge on any atom is -0.355 e. The van der Waals surface area contributed by atoms with Gasteiger partial charge in [-0.1, -0.05) is 19.4 Å². The fourth-order valence-corrected chi connectivity index (χ4v) is 1.93. The van der Waals surface area contributed by atoms with Crippen LogP contribution >= 0.6 is 0 Å². The molecular formula is C15H20FN3. The first-order chi connectivity index (χ1) is 9.11. The Kier molecular flexibility index (Phi) is 4.20. The standard InChI is InChI=1S/C15H20FN3/c1-4-5-8-17-15-18-12(3)10-19(15)13-7-6-11(2)14(16)9-13/h6-7,9-10H,4-5,8H2,1-3H3,(H,17,18). The van der Waals surface area contributed by atoms with Crippen LogP contribution in [0, 0.1) is 19.7 Å². The third-order valence-electron chi connectivity index (χ3n) is 3.07. The fraction of sp³-hybridized carbons (Fsp3) is 0.400. The number of benzene rings is 1. The van der Waals surface area contributed by atoms with Crippen LogP contribution in [0.15, 0.2) is 24.4 Å². The summed E-state index contributed by atoms with van der Waals surface area (Å²) < 4.78 is 15.6. The van der Waals surface area contributed by atoms with E-state index in [1.165, 1.54) is 0 Å². The summed E-state index contributed by atoms with van der Waals surface area (Å²) in [5, 5.41) is 3.30. The van der Waals surface area contributed by atoms with Gasteiger partial charge in [-0.3, -0.25) is 4.57 Å². The number of hydrogen-bond donors (Lipinski definition) is 1. The molecule has 19 heavy (non-hydrogen) atoms. The Labute approximate surface area is 113 Å². The van der Waals surface area contributed by atoms with E-state index in [0.717, 1.165) is 36.7 Å². The van der Waals surface area contributed by atoms with Crippen LogP contribution in [0.3, 0.4) is 0 Å². The molecule has 4 heteroatoms. The second-order valence-electron chi connectivity index (χ2n) is 4.79. The maximum Gasteiger partial charge on any atom is 0.207 e. The van der Waals surface area contributed by atoms with Gasteiger partial charge in [0.1, 0.15) is 5.82 Å². The van der Waals surface area contributed by atoms with Gasteiger partial charge in [-0.15, -0.1) is 0 Å². The fourth-order valence-electron chi connectivity index (χ4n) is 1.93. The maximum atomic E-state index is 13.7.